The van der Waals surface area contributed by atoms with Crippen LogP contribution in [-0.4, -0.2) is 70.6 Å². The van der Waals surface area contributed by atoms with E-state index >= 15 is 0 Å². The van der Waals surface area contributed by atoms with Gasteiger partial charge in [0, 0.05) is 65.7 Å². The van der Waals surface area contributed by atoms with Crippen LogP contribution in [0.4, 0.5) is 0 Å². The number of hydrogen-bond acceptors (Lipinski definition) is 6. The molecule has 0 aliphatic carbocycles. The maximum Gasteiger partial charge on any atom is 0.0613 e. The molecule has 29 heavy (non-hydrogen) atoms. The molecule has 2 aromatic rings. The molecule has 0 spiro atoms. The molecule has 6 nitrogen and oxygen atoms in total. The molecule has 1 aliphatic heterocycles. The smallest absolute Gasteiger partial charge is 0.0613 e. The molecule has 0 amide bonds. The highest BCUT2D eigenvalue weighted by Crippen LogP contribution is 2.27. The first kappa shape index (κ1) is 21.9. The molecule has 0 aromatic heterocycles. The lowest BCUT2D eigenvalue weighted by molar-refractivity contribution is 0.206. The second kappa shape index (κ2) is 13.4. The van der Waals surface area contributed by atoms with Crippen molar-refractivity contribution in [3.05, 3.63) is 71.8 Å². The van der Waals surface area contributed by atoms with Crippen LogP contribution >= 0.6 is 0 Å². The van der Waals surface area contributed by atoms with E-state index < -0.39 is 0 Å². The molecule has 1 aliphatic rings. The third-order valence-electron chi connectivity index (χ3n) is 5.17. The molecule has 5 N–H and O–H groups in total. The largest absolute Gasteiger partial charge is 0.314 e. The first-order chi connectivity index (χ1) is 14.4. The van der Waals surface area contributed by atoms with Gasteiger partial charge >= 0.3 is 0 Å². The number of nitrogens with one attached hydrogen (secondary N) is 5. The fraction of sp³-hybridized carbons (Fsp3) is 0.478. The molecule has 0 atom stereocenters. The maximum atomic E-state index is 3.59. The quantitative estimate of drug-likeness (QED) is 0.533. The van der Waals surface area contributed by atoms with E-state index in [1.165, 1.54) is 11.1 Å². The zero-order chi connectivity index (χ0) is 20.0. The third-order valence-corrected chi connectivity index (χ3v) is 5.17. The maximum absolute atomic E-state index is 3.59. The summed E-state index contributed by atoms with van der Waals surface area (Å²) < 4.78 is 0. The molecule has 0 radical (unpaired) electrons. The summed E-state index contributed by atoms with van der Waals surface area (Å²) in [6.07, 6.45) is 0. The van der Waals surface area contributed by atoms with Crippen molar-refractivity contribution in [3.8, 4) is 0 Å². The lowest BCUT2D eigenvalue weighted by Crippen LogP contribution is -2.45. The van der Waals surface area contributed by atoms with Crippen LogP contribution in [0.15, 0.2) is 60.7 Å². The van der Waals surface area contributed by atoms with E-state index in [-0.39, 0.29) is 6.04 Å². The van der Waals surface area contributed by atoms with Gasteiger partial charge < -0.3 is 21.3 Å². The van der Waals surface area contributed by atoms with Crippen LogP contribution in [0, 0.1) is 0 Å². The van der Waals surface area contributed by atoms with Gasteiger partial charge in [-0.1, -0.05) is 60.7 Å². The van der Waals surface area contributed by atoms with Gasteiger partial charge in [-0.3, -0.25) is 10.2 Å². The third kappa shape index (κ3) is 7.85. The monoisotopic (exact) mass is 396 g/mol. The Bertz CT molecular complexity index is 595. The van der Waals surface area contributed by atoms with E-state index in [1.54, 1.807) is 0 Å². The summed E-state index contributed by atoms with van der Waals surface area (Å²) in [7, 11) is 0. The molecule has 6 heteroatoms. The Morgan fingerprint density at radius 1 is 0.552 bits per heavy atom. The van der Waals surface area contributed by atoms with Crippen molar-refractivity contribution in [2.75, 3.05) is 65.7 Å². The van der Waals surface area contributed by atoms with Gasteiger partial charge in [0.1, 0.15) is 0 Å². The van der Waals surface area contributed by atoms with Crippen molar-refractivity contribution >= 4 is 0 Å². The highest BCUT2D eigenvalue weighted by molar-refractivity contribution is 5.31. The van der Waals surface area contributed by atoms with Crippen molar-refractivity contribution in [2.45, 2.75) is 6.04 Å². The SMILES string of the molecule is c1ccc(C(c2ccccc2)N2CCNCCNCCNCCNCNC2)cc1. The van der Waals surface area contributed by atoms with Crippen molar-refractivity contribution in [3.63, 3.8) is 0 Å². The van der Waals surface area contributed by atoms with Gasteiger partial charge in [-0.05, 0) is 11.1 Å². The summed E-state index contributed by atoms with van der Waals surface area (Å²) in [5.41, 5.74) is 2.66. The molecule has 0 unspecified atom stereocenters. The first-order valence-electron chi connectivity index (χ1n) is 10.8. The minimum absolute atomic E-state index is 0.227. The molecule has 2 aromatic carbocycles. The van der Waals surface area contributed by atoms with Gasteiger partial charge in [-0.15, -0.1) is 0 Å². The summed E-state index contributed by atoms with van der Waals surface area (Å²) in [6.45, 7) is 9.54. The van der Waals surface area contributed by atoms with E-state index in [0.717, 1.165) is 65.7 Å². The highest BCUT2D eigenvalue weighted by Gasteiger charge is 2.21. The van der Waals surface area contributed by atoms with E-state index in [0.29, 0.717) is 0 Å². The minimum atomic E-state index is 0.227. The van der Waals surface area contributed by atoms with Crippen LogP contribution in [0.25, 0.3) is 0 Å². The topological polar surface area (TPSA) is 63.4 Å². The van der Waals surface area contributed by atoms with Crippen LogP contribution in [0.3, 0.4) is 0 Å². The molecule has 0 bridgehead atoms. The van der Waals surface area contributed by atoms with Crippen LogP contribution in [0.5, 0.6) is 0 Å². The van der Waals surface area contributed by atoms with Crippen molar-refractivity contribution in [2.24, 2.45) is 0 Å². The Kier molecular flexibility index (Phi) is 10.1. The van der Waals surface area contributed by atoms with Crippen molar-refractivity contribution in [1.82, 2.24) is 31.5 Å². The van der Waals surface area contributed by atoms with Gasteiger partial charge in [-0.25, -0.2) is 0 Å². The normalized spacial score (nSPS) is 19.2. The Hall–Kier alpha value is -1.80. The molecule has 1 saturated heterocycles. The fourth-order valence-electron chi connectivity index (χ4n) is 3.69. The van der Waals surface area contributed by atoms with Crippen molar-refractivity contribution in [1.29, 1.82) is 0 Å². The number of nitrogens with zero attached hydrogens (tertiary/aromatic N) is 1. The zero-order valence-electron chi connectivity index (χ0n) is 17.4. The average Bonchev–Trinajstić information content (AvgIpc) is 2.76. The van der Waals surface area contributed by atoms with E-state index in [1.807, 2.05) is 0 Å². The Morgan fingerprint density at radius 3 is 1.59 bits per heavy atom. The Morgan fingerprint density at radius 2 is 1.03 bits per heavy atom. The molecule has 3 rings (SSSR count). The number of benzene rings is 2. The summed E-state index contributed by atoms with van der Waals surface area (Å²) in [5, 5.41) is 17.6. The van der Waals surface area contributed by atoms with Crippen LogP contribution in [0.2, 0.25) is 0 Å². The molecular weight excluding hydrogens is 360 g/mol. The van der Waals surface area contributed by atoms with Gasteiger partial charge in [0.2, 0.25) is 0 Å². The lowest BCUT2D eigenvalue weighted by atomic mass is 9.97. The predicted octanol–water partition coefficient (Wildman–Crippen LogP) is 0.955. The average molecular weight is 397 g/mol. The summed E-state index contributed by atoms with van der Waals surface area (Å²) in [4.78, 5) is 2.52. The van der Waals surface area contributed by atoms with Gasteiger partial charge in [-0.2, -0.15) is 0 Å². The van der Waals surface area contributed by atoms with E-state index in [4.69, 9.17) is 0 Å². The predicted molar refractivity (Wildman–Crippen MR) is 121 cm³/mol. The molecule has 1 fully saturated rings. The minimum Gasteiger partial charge on any atom is -0.314 e. The van der Waals surface area contributed by atoms with Gasteiger partial charge in [0.25, 0.3) is 0 Å². The van der Waals surface area contributed by atoms with Gasteiger partial charge in [0.05, 0.1) is 6.04 Å². The Balaban J connectivity index is 1.71. The second-order valence-corrected chi connectivity index (χ2v) is 7.37. The molecule has 1 heterocycles. The fourth-order valence-corrected chi connectivity index (χ4v) is 3.69. The van der Waals surface area contributed by atoms with E-state index in [9.17, 15) is 0 Å². The first-order valence-corrected chi connectivity index (χ1v) is 10.8. The van der Waals surface area contributed by atoms with Crippen LogP contribution < -0.4 is 26.6 Å². The van der Waals surface area contributed by atoms with Gasteiger partial charge in [0.15, 0.2) is 0 Å². The summed E-state index contributed by atoms with van der Waals surface area (Å²) in [6, 6.07) is 21.9. The lowest BCUT2D eigenvalue weighted by Gasteiger charge is -2.33. The van der Waals surface area contributed by atoms with Crippen LogP contribution in [-0.2, 0) is 0 Å². The number of rotatable bonds is 3. The number of hydrogen-bond donors (Lipinski definition) is 5. The zero-order valence-corrected chi connectivity index (χ0v) is 17.4. The van der Waals surface area contributed by atoms with Crippen LogP contribution in [0.1, 0.15) is 17.2 Å². The van der Waals surface area contributed by atoms with E-state index in [2.05, 4.69) is 92.1 Å². The summed E-state index contributed by atoms with van der Waals surface area (Å²) >= 11 is 0. The van der Waals surface area contributed by atoms with Crippen molar-refractivity contribution < 1.29 is 0 Å². The second-order valence-electron chi connectivity index (χ2n) is 7.37. The standard InChI is InChI=1S/C23H36N6/c1-3-7-21(8-4-1)23(22-9-5-2-6-10-22)29-18-17-26-14-13-24-11-12-25-15-16-27-19-28-20-29/h1-10,23-28H,11-20H2. The molecular formula is C23H36N6. The Labute approximate surface area is 175 Å². The highest BCUT2D eigenvalue weighted by atomic mass is 15.3. The summed E-state index contributed by atoms with van der Waals surface area (Å²) in [5.74, 6) is 0. The molecule has 0 saturated carbocycles. The molecule has 158 valence electrons.